The van der Waals surface area contributed by atoms with Crippen LogP contribution in [0.5, 0.6) is 0 Å². The van der Waals surface area contributed by atoms with E-state index in [0.717, 1.165) is 22.3 Å². The van der Waals surface area contributed by atoms with E-state index in [1.54, 1.807) is 18.1 Å². The number of carbonyl (C=O) groups excluding carboxylic acids is 1. The van der Waals surface area contributed by atoms with Gasteiger partial charge in [0.25, 0.3) is 0 Å². The number of likely N-dealkylation sites (N-methyl/N-ethyl adjacent to an activating group) is 1. The molecule has 1 N–H and O–H groups in total. The van der Waals surface area contributed by atoms with E-state index < -0.39 is 0 Å². The summed E-state index contributed by atoms with van der Waals surface area (Å²) in [7, 11) is 1.77. The van der Waals surface area contributed by atoms with Crippen molar-refractivity contribution in [3.8, 4) is 0 Å². The van der Waals surface area contributed by atoms with Gasteiger partial charge in [-0.15, -0.1) is 0 Å². The van der Waals surface area contributed by atoms with Gasteiger partial charge in [-0.3, -0.25) is 10.3 Å². The van der Waals surface area contributed by atoms with Crippen LogP contribution in [0.25, 0.3) is 10.2 Å². The van der Waals surface area contributed by atoms with Gasteiger partial charge in [-0.2, -0.15) is 0 Å². The average molecular weight is 312 g/mol. The predicted octanol–water partition coefficient (Wildman–Crippen LogP) is 3.40. The van der Waals surface area contributed by atoms with Crippen molar-refractivity contribution in [1.29, 1.82) is 0 Å². The monoisotopic (exact) mass is 312 g/mol. The SMILES string of the molecule is CN(CCc1ccccn1)C(=O)Nc1nc2ccccc2s1. The Morgan fingerprint density at radius 3 is 2.82 bits per heavy atom. The van der Waals surface area contributed by atoms with Gasteiger partial charge in [-0.1, -0.05) is 29.5 Å². The van der Waals surface area contributed by atoms with Gasteiger partial charge < -0.3 is 4.90 Å². The van der Waals surface area contributed by atoms with E-state index in [9.17, 15) is 4.79 Å². The summed E-state index contributed by atoms with van der Waals surface area (Å²) in [6.45, 7) is 0.605. The van der Waals surface area contributed by atoms with E-state index in [0.29, 0.717) is 11.7 Å². The van der Waals surface area contributed by atoms with Crippen LogP contribution in [-0.2, 0) is 6.42 Å². The molecule has 2 heterocycles. The molecule has 0 bridgehead atoms. The fourth-order valence-electron chi connectivity index (χ4n) is 2.04. The fraction of sp³-hybridized carbons (Fsp3) is 0.188. The maximum absolute atomic E-state index is 12.2. The molecule has 0 radical (unpaired) electrons. The van der Waals surface area contributed by atoms with Gasteiger partial charge in [0.1, 0.15) is 0 Å². The largest absolute Gasteiger partial charge is 0.327 e. The molecule has 22 heavy (non-hydrogen) atoms. The minimum Gasteiger partial charge on any atom is -0.327 e. The minimum absolute atomic E-state index is 0.157. The van der Waals surface area contributed by atoms with Gasteiger partial charge in [0.05, 0.1) is 10.2 Å². The Morgan fingerprint density at radius 2 is 2.05 bits per heavy atom. The van der Waals surface area contributed by atoms with E-state index in [1.807, 2.05) is 42.5 Å². The Morgan fingerprint density at radius 1 is 1.23 bits per heavy atom. The number of aromatic nitrogens is 2. The molecule has 0 aliphatic rings. The molecule has 0 spiro atoms. The first kappa shape index (κ1) is 14.5. The number of hydrogen-bond donors (Lipinski definition) is 1. The molecule has 3 rings (SSSR count). The van der Waals surface area contributed by atoms with Crippen molar-refractivity contribution < 1.29 is 4.79 Å². The van der Waals surface area contributed by atoms with Gasteiger partial charge in [0.2, 0.25) is 0 Å². The first-order valence-corrected chi connectivity index (χ1v) is 7.81. The molecule has 3 aromatic rings. The highest BCUT2D eigenvalue weighted by Gasteiger charge is 2.11. The average Bonchev–Trinajstić information content (AvgIpc) is 2.95. The molecule has 0 saturated heterocycles. The van der Waals surface area contributed by atoms with Crippen LogP contribution in [0.4, 0.5) is 9.93 Å². The second-order valence-electron chi connectivity index (χ2n) is 4.91. The van der Waals surface area contributed by atoms with Gasteiger partial charge >= 0.3 is 6.03 Å². The molecule has 0 unspecified atom stereocenters. The van der Waals surface area contributed by atoms with Crippen molar-refractivity contribution in [3.05, 3.63) is 54.4 Å². The summed E-state index contributed by atoms with van der Waals surface area (Å²) in [5, 5.41) is 3.46. The smallest absolute Gasteiger partial charge is 0.323 e. The first-order chi connectivity index (χ1) is 10.7. The van der Waals surface area contributed by atoms with Crippen molar-refractivity contribution in [2.45, 2.75) is 6.42 Å². The van der Waals surface area contributed by atoms with Crippen molar-refractivity contribution in [2.24, 2.45) is 0 Å². The Labute approximate surface area is 132 Å². The fourth-order valence-corrected chi connectivity index (χ4v) is 2.90. The Bertz CT molecular complexity index is 739. The highest BCUT2D eigenvalue weighted by atomic mass is 32.1. The number of benzene rings is 1. The Balaban J connectivity index is 1.58. The third-order valence-corrected chi connectivity index (χ3v) is 4.24. The topological polar surface area (TPSA) is 58.1 Å². The maximum atomic E-state index is 12.2. The highest BCUT2D eigenvalue weighted by molar-refractivity contribution is 7.22. The van der Waals surface area contributed by atoms with Crippen molar-refractivity contribution >= 4 is 32.7 Å². The second kappa shape index (κ2) is 6.53. The summed E-state index contributed by atoms with van der Waals surface area (Å²) in [4.78, 5) is 22.5. The normalized spacial score (nSPS) is 10.6. The van der Waals surface area contributed by atoms with Crippen molar-refractivity contribution in [3.63, 3.8) is 0 Å². The summed E-state index contributed by atoms with van der Waals surface area (Å²) < 4.78 is 1.06. The molecule has 2 amide bonds. The van der Waals surface area contributed by atoms with E-state index in [4.69, 9.17) is 0 Å². The number of nitrogens with one attached hydrogen (secondary N) is 1. The van der Waals surface area contributed by atoms with E-state index in [1.165, 1.54) is 11.3 Å². The summed E-state index contributed by atoms with van der Waals surface area (Å²) in [5.74, 6) is 0. The number of amides is 2. The van der Waals surface area contributed by atoms with Crippen LogP contribution < -0.4 is 5.32 Å². The van der Waals surface area contributed by atoms with Gasteiger partial charge in [0.15, 0.2) is 5.13 Å². The quantitative estimate of drug-likeness (QED) is 0.803. The molecule has 112 valence electrons. The molecule has 0 aliphatic heterocycles. The number of hydrogen-bond acceptors (Lipinski definition) is 4. The summed E-state index contributed by atoms with van der Waals surface area (Å²) in [6, 6.07) is 13.5. The molecule has 0 aliphatic carbocycles. The lowest BCUT2D eigenvalue weighted by Crippen LogP contribution is -2.33. The highest BCUT2D eigenvalue weighted by Crippen LogP contribution is 2.25. The molecule has 1 aromatic carbocycles. The number of anilines is 1. The predicted molar refractivity (Wildman–Crippen MR) is 89.2 cm³/mol. The molecule has 6 heteroatoms. The lowest BCUT2D eigenvalue weighted by atomic mass is 10.2. The lowest BCUT2D eigenvalue weighted by Gasteiger charge is -2.16. The van der Waals surface area contributed by atoms with E-state index in [2.05, 4.69) is 15.3 Å². The third-order valence-electron chi connectivity index (χ3n) is 3.28. The summed E-state index contributed by atoms with van der Waals surface area (Å²) in [6.07, 6.45) is 2.49. The first-order valence-electron chi connectivity index (χ1n) is 7.00. The maximum Gasteiger partial charge on any atom is 0.323 e. The van der Waals surface area contributed by atoms with Crippen LogP contribution in [0.3, 0.4) is 0 Å². The zero-order valence-electron chi connectivity index (χ0n) is 12.2. The number of urea groups is 1. The Kier molecular flexibility index (Phi) is 4.29. The number of rotatable bonds is 4. The zero-order valence-corrected chi connectivity index (χ0v) is 13.0. The molecule has 2 aromatic heterocycles. The van der Waals surface area contributed by atoms with Crippen LogP contribution in [-0.4, -0.2) is 34.5 Å². The second-order valence-corrected chi connectivity index (χ2v) is 5.94. The van der Waals surface area contributed by atoms with Crippen LogP contribution in [0, 0.1) is 0 Å². The minimum atomic E-state index is -0.157. The van der Waals surface area contributed by atoms with Crippen LogP contribution in [0.2, 0.25) is 0 Å². The van der Waals surface area contributed by atoms with Crippen LogP contribution in [0.15, 0.2) is 48.7 Å². The van der Waals surface area contributed by atoms with E-state index in [-0.39, 0.29) is 6.03 Å². The number of nitrogens with zero attached hydrogens (tertiary/aromatic N) is 3. The molecule has 5 nitrogen and oxygen atoms in total. The zero-order chi connectivity index (χ0) is 15.4. The summed E-state index contributed by atoms with van der Waals surface area (Å²) >= 11 is 1.48. The number of pyridine rings is 1. The number of para-hydroxylation sites is 1. The van der Waals surface area contributed by atoms with Gasteiger partial charge in [-0.25, -0.2) is 9.78 Å². The lowest BCUT2D eigenvalue weighted by molar-refractivity contribution is 0.223. The van der Waals surface area contributed by atoms with Gasteiger partial charge in [0, 0.05) is 31.9 Å². The van der Waals surface area contributed by atoms with Crippen molar-refractivity contribution in [2.75, 3.05) is 18.9 Å². The van der Waals surface area contributed by atoms with Gasteiger partial charge in [-0.05, 0) is 24.3 Å². The third kappa shape index (κ3) is 3.40. The van der Waals surface area contributed by atoms with Crippen LogP contribution >= 0.6 is 11.3 Å². The molecule has 0 atom stereocenters. The Hall–Kier alpha value is -2.47. The van der Waals surface area contributed by atoms with Crippen LogP contribution in [0.1, 0.15) is 5.69 Å². The summed E-state index contributed by atoms with van der Waals surface area (Å²) in [5.41, 5.74) is 1.88. The number of thiazole rings is 1. The number of carbonyl (C=O) groups is 1. The molecular formula is C16H16N4OS. The number of fused-ring (bicyclic) bond motifs is 1. The van der Waals surface area contributed by atoms with E-state index >= 15 is 0 Å². The van der Waals surface area contributed by atoms with Crippen molar-refractivity contribution in [1.82, 2.24) is 14.9 Å². The molecule has 0 saturated carbocycles. The molecule has 0 fully saturated rings. The molecular weight excluding hydrogens is 296 g/mol. The standard InChI is InChI=1S/C16H16N4OS/c1-20(11-9-12-6-4-5-10-17-12)16(21)19-15-18-13-7-2-3-8-14(13)22-15/h2-8,10H,9,11H2,1H3,(H,18,19,21).